The van der Waals surface area contributed by atoms with Crippen molar-refractivity contribution in [1.82, 2.24) is 5.32 Å². The van der Waals surface area contributed by atoms with Crippen molar-refractivity contribution >= 4 is 17.5 Å². The molecule has 1 fully saturated rings. The lowest BCUT2D eigenvalue weighted by Gasteiger charge is -2.17. The van der Waals surface area contributed by atoms with Crippen LogP contribution in [0, 0.1) is 6.92 Å². The first-order valence-electron chi connectivity index (χ1n) is 8.32. The van der Waals surface area contributed by atoms with Crippen LogP contribution in [0.5, 0.6) is 0 Å². The maximum Gasteiger partial charge on any atom is 0.313 e. The number of benzene rings is 1. The number of anilines is 1. The predicted octanol–water partition coefficient (Wildman–Crippen LogP) is 3.33. The molecule has 1 saturated carbocycles. The van der Waals surface area contributed by atoms with Crippen LogP contribution in [0.4, 0.5) is 5.69 Å². The van der Waals surface area contributed by atoms with E-state index >= 15 is 0 Å². The molecule has 0 aliphatic heterocycles. The lowest BCUT2D eigenvalue weighted by atomic mass is 10.1. The zero-order valence-corrected chi connectivity index (χ0v) is 13.6. The van der Waals surface area contributed by atoms with Gasteiger partial charge in [-0.3, -0.25) is 9.59 Å². The average Bonchev–Trinajstić information content (AvgIpc) is 2.77. The van der Waals surface area contributed by atoms with Crippen LogP contribution < -0.4 is 10.6 Å². The quantitative estimate of drug-likeness (QED) is 0.664. The van der Waals surface area contributed by atoms with Crippen LogP contribution in [0.3, 0.4) is 0 Å². The number of rotatable bonds is 3. The first-order valence-corrected chi connectivity index (χ1v) is 8.32. The van der Waals surface area contributed by atoms with E-state index < -0.39 is 11.8 Å². The Hall–Kier alpha value is -1.84. The molecule has 0 spiro atoms. The third kappa shape index (κ3) is 4.33. The molecule has 0 saturated heterocycles. The maximum atomic E-state index is 12.2. The number of aryl methyl sites for hydroxylation is 2. The van der Waals surface area contributed by atoms with Gasteiger partial charge in [0.05, 0.1) is 0 Å². The Morgan fingerprint density at radius 3 is 2.41 bits per heavy atom. The van der Waals surface area contributed by atoms with Crippen LogP contribution in [0.2, 0.25) is 0 Å². The Balaban J connectivity index is 1.98. The van der Waals surface area contributed by atoms with Crippen molar-refractivity contribution < 1.29 is 9.59 Å². The molecule has 2 amide bonds. The molecule has 1 aliphatic carbocycles. The van der Waals surface area contributed by atoms with Gasteiger partial charge in [-0.05, 0) is 37.3 Å². The van der Waals surface area contributed by atoms with E-state index in [2.05, 4.69) is 10.6 Å². The van der Waals surface area contributed by atoms with E-state index in [4.69, 9.17) is 0 Å². The predicted molar refractivity (Wildman–Crippen MR) is 88.8 cm³/mol. The average molecular weight is 302 g/mol. The zero-order valence-electron chi connectivity index (χ0n) is 13.6. The highest BCUT2D eigenvalue weighted by Gasteiger charge is 2.20. The second-order valence-corrected chi connectivity index (χ2v) is 6.08. The molecule has 1 aliphatic rings. The largest absolute Gasteiger partial charge is 0.345 e. The van der Waals surface area contributed by atoms with Crippen molar-refractivity contribution in [3.63, 3.8) is 0 Å². The Kier molecular flexibility index (Phi) is 5.99. The highest BCUT2D eigenvalue weighted by atomic mass is 16.2. The summed E-state index contributed by atoms with van der Waals surface area (Å²) in [6, 6.07) is 6.03. The van der Waals surface area contributed by atoms with Gasteiger partial charge in [0.2, 0.25) is 0 Å². The second kappa shape index (κ2) is 7.97. The number of hydrogen-bond acceptors (Lipinski definition) is 2. The minimum Gasteiger partial charge on any atom is -0.345 e. The number of carbonyl (C=O) groups is 2. The summed E-state index contributed by atoms with van der Waals surface area (Å²) >= 11 is 0. The van der Waals surface area contributed by atoms with Gasteiger partial charge in [-0.25, -0.2) is 0 Å². The fourth-order valence-corrected chi connectivity index (χ4v) is 3.05. The highest BCUT2D eigenvalue weighted by molar-refractivity contribution is 6.39. The molecule has 0 bridgehead atoms. The molecule has 1 aromatic rings. The number of carbonyl (C=O) groups excluding carboxylic acids is 2. The number of nitrogens with one attached hydrogen (secondary N) is 2. The molecule has 120 valence electrons. The van der Waals surface area contributed by atoms with Gasteiger partial charge >= 0.3 is 11.8 Å². The topological polar surface area (TPSA) is 58.2 Å². The van der Waals surface area contributed by atoms with Gasteiger partial charge in [0.15, 0.2) is 0 Å². The van der Waals surface area contributed by atoms with E-state index in [1.807, 2.05) is 32.0 Å². The van der Waals surface area contributed by atoms with Crippen molar-refractivity contribution in [2.24, 2.45) is 0 Å². The standard InChI is InChI=1S/C18H26N2O2/c1-3-14-10-8-9-13(2)16(14)20-18(22)17(21)19-15-11-6-4-5-7-12-15/h8-10,15H,3-7,11-12H2,1-2H3,(H,19,21)(H,20,22). The third-order valence-electron chi connectivity index (χ3n) is 4.38. The fourth-order valence-electron chi connectivity index (χ4n) is 3.05. The second-order valence-electron chi connectivity index (χ2n) is 6.08. The molecule has 0 unspecified atom stereocenters. The lowest BCUT2D eigenvalue weighted by Crippen LogP contribution is -2.41. The van der Waals surface area contributed by atoms with E-state index in [0.717, 1.165) is 48.9 Å². The van der Waals surface area contributed by atoms with E-state index in [1.54, 1.807) is 0 Å². The van der Waals surface area contributed by atoms with Crippen LogP contribution in [-0.4, -0.2) is 17.9 Å². The lowest BCUT2D eigenvalue weighted by molar-refractivity contribution is -0.136. The number of amides is 2. The molecule has 0 atom stereocenters. The molecule has 0 heterocycles. The minimum atomic E-state index is -0.562. The van der Waals surface area contributed by atoms with Gasteiger partial charge < -0.3 is 10.6 Å². The molecule has 0 aromatic heterocycles. The Morgan fingerprint density at radius 1 is 1.09 bits per heavy atom. The summed E-state index contributed by atoms with van der Waals surface area (Å²) in [7, 11) is 0. The first kappa shape index (κ1) is 16.5. The van der Waals surface area contributed by atoms with Crippen molar-refractivity contribution in [1.29, 1.82) is 0 Å². The summed E-state index contributed by atoms with van der Waals surface area (Å²) in [6.07, 6.45) is 7.48. The molecule has 1 aromatic carbocycles. The minimum absolute atomic E-state index is 0.142. The zero-order chi connectivity index (χ0) is 15.9. The summed E-state index contributed by atoms with van der Waals surface area (Å²) in [5.41, 5.74) is 2.80. The fraction of sp³-hybridized carbons (Fsp3) is 0.556. The summed E-state index contributed by atoms with van der Waals surface area (Å²) in [4.78, 5) is 24.3. The monoisotopic (exact) mass is 302 g/mol. The molecule has 22 heavy (non-hydrogen) atoms. The number of para-hydroxylation sites is 1. The molecule has 4 nitrogen and oxygen atoms in total. The summed E-state index contributed by atoms with van der Waals surface area (Å²) < 4.78 is 0. The molecule has 2 rings (SSSR count). The molecular weight excluding hydrogens is 276 g/mol. The summed E-state index contributed by atoms with van der Waals surface area (Å²) in [5, 5.41) is 5.67. The van der Waals surface area contributed by atoms with Gasteiger partial charge in [0.25, 0.3) is 0 Å². The normalized spacial score (nSPS) is 15.9. The van der Waals surface area contributed by atoms with Gasteiger partial charge in [0.1, 0.15) is 0 Å². The summed E-state index contributed by atoms with van der Waals surface area (Å²) in [5.74, 6) is -1.08. The number of hydrogen-bond donors (Lipinski definition) is 2. The van der Waals surface area contributed by atoms with Crippen molar-refractivity contribution in [2.45, 2.75) is 64.8 Å². The van der Waals surface area contributed by atoms with E-state index in [1.165, 1.54) is 12.8 Å². The molecular formula is C18H26N2O2. The van der Waals surface area contributed by atoms with Gasteiger partial charge in [0, 0.05) is 11.7 Å². The highest BCUT2D eigenvalue weighted by Crippen LogP contribution is 2.21. The van der Waals surface area contributed by atoms with Crippen molar-refractivity contribution in [3.8, 4) is 0 Å². The van der Waals surface area contributed by atoms with Crippen LogP contribution in [0.25, 0.3) is 0 Å². The smallest absolute Gasteiger partial charge is 0.313 e. The maximum absolute atomic E-state index is 12.2. The SMILES string of the molecule is CCc1cccc(C)c1NC(=O)C(=O)NC1CCCCCC1. The van der Waals surface area contributed by atoms with Crippen LogP contribution in [0.1, 0.15) is 56.6 Å². The molecule has 2 N–H and O–H groups in total. The van der Waals surface area contributed by atoms with Gasteiger partial charge in [-0.1, -0.05) is 50.8 Å². The van der Waals surface area contributed by atoms with Crippen molar-refractivity contribution in [2.75, 3.05) is 5.32 Å². The first-order chi connectivity index (χ1) is 10.6. The molecule has 4 heteroatoms. The van der Waals surface area contributed by atoms with E-state index in [9.17, 15) is 9.59 Å². The van der Waals surface area contributed by atoms with Gasteiger partial charge in [-0.15, -0.1) is 0 Å². The Bertz CT molecular complexity index is 532. The van der Waals surface area contributed by atoms with Crippen LogP contribution in [-0.2, 0) is 16.0 Å². The molecule has 0 radical (unpaired) electrons. The van der Waals surface area contributed by atoms with Gasteiger partial charge in [-0.2, -0.15) is 0 Å². The van der Waals surface area contributed by atoms with E-state index in [-0.39, 0.29) is 6.04 Å². The van der Waals surface area contributed by atoms with E-state index in [0.29, 0.717) is 0 Å². The van der Waals surface area contributed by atoms with Crippen LogP contribution in [0.15, 0.2) is 18.2 Å². The third-order valence-corrected chi connectivity index (χ3v) is 4.38. The summed E-state index contributed by atoms with van der Waals surface area (Å²) in [6.45, 7) is 3.98. The Morgan fingerprint density at radius 2 is 1.77 bits per heavy atom. The van der Waals surface area contributed by atoms with Crippen molar-refractivity contribution in [3.05, 3.63) is 29.3 Å². The Labute approximate surface area is 132 Å². The van der Waals surface area contributed by atoms with Crippen LogP contribution >= 0.6 is 0 Å².